The van der Waals surface area contributed by atoms with Gasteiger partial charge in [0.15, 0.2) is 5.69 Å². The zero-order chi connectivity index (χ0) is 24.8. The Morgan fingerprint density at radius 3 is 2.09 bits per heavy atom. The van der Waals surface area contributed by atoms with Crippen LogP contribution in [-0.2, 0) is 18.8 Å². The number of nitrogens with one attached hydrogen (secondary N) is 1. The molecule has 0 atom stereocenters. The molecule has 2 aliphatic heterocycles. The predicted octanol–water partition coefficient (Wildman–Crippen LogP) is 3.75. The molecule has 0 unspecified atom stereocenters. The smallest absolute Gasteiger partial charge is 0.323 e. The van der Waals surface area contributed by atoms with Crippen molar-refractivity contribution in [1.82, 2.24) is 34.8 Å². The van der Waals surface area contributed by atoms with Gasteiger partial charge in [0.1, 0.15) is 6.33 Å². The van der Waals surface area contributed by atoms with E-state index in [0.717, 1.165) is 25.2 Å². The normalized spacial score (nSPS) is 23.7. The van der Waals surface area contributed by atoms with E-state index >= 15 is 0 Å². The second kappa shape index (κ2) is 7.12. The van der Waals surface area contributed by atoms with Crippen LogP contribution in [0.2, 0.25) is 0 Å². The van der Waals surface area contributed by atoms with E-state index < -0.39 is 23.9 Å². The molecule has 1 N–H and O–H groups in total. The number of hydrogen-bond acceptors (Lipinski definition) is 4. The number of urea groups is 1. The highest BCUT2D eigenvalue weighted by molar-refractivity contribution is 5.77. The molecule has 0 bridgehead atoms. The molecule has 190 valence electrons. The number of aromatic amines is 1. The number of nitrogens with zero attached hydrogens (tertiary/aromatic N) is 6. The van der Waals surface area contributed by atoms with Crippen molar-refractivity contribution < 1.29 is 31.1 Å². The lowest BCUT2D eigenvalue weighted by Gasteiger charge is -2.63. The summed E-state index contributed by atoms with van der Waals surface area (Å²) in [6.45, 7) is 2.50. The summed E-state index contributed by atoms with van der Waals surface area (Å²) in [6, 6.07) is 0.915. The van der Waals surface area contributed by atoms with Crippen molar-refractivity contribution in [2.24, 2.45) is 16.7 Å². The van der Waals surface area contributed by atoms with Crippen LogP contribution in [0.25, 0.3) is 0 Å². The Morgan fingerprint density at radius 1 is 0.971 bits per heavy atom. The number of halogens is 6. The number of carbonyl (C=O) groups is 1. The Balaban J connectivity index is 0.926. The van der Waals surface area contributed by atoms with E-state index in [4.69, 9.17) is 0 Å². The maximum atomic E-state index is 12.8. The summed E-state index contributed by atoms with van der Waals surface area (Å²) in [5.74, 6) is -0.855. The first-order valence-corrected chi connectivity index (χ1v) is 11.5. The number of rotatable bonds is 3. The molecule has 2 saturated carbocycles. The fourth-order valence-corrected chi connectivity index (χ4v) is 6.45. The van der Waals surface area contributed by atoms with Crippen molar-refractivity contribution in [3.05, 3.63) is 29.6 Å². The molecule has 0 aromatic carbocycles. The van der Waals surface area contributed by atoms with Crippen LogP contribution in [0.1, 0.15) is 48.9 Å². The molecule has 8 nitrogen and oxygen atoms in total. The predicted molar refractivity (Wildman–Crippen MR) is 107 cm³/mol. The van der Waals surface area contributed by atoms with Gasteiger partial charge < -0.3 is 9.80 Å². The van der Waals surface area contributed by atoms with Crippen LogP contribution in [-0.4, -0.2) is 67.0 Å². The number of aromatic nitrogens is 5. The molecule has 2 spiro atoms. The van der Waals surface area contributed by atoms with Crippen molar-refractivity contribution in [3.8, 4) is 0 Å². The molecular formula is C21H23F6N7O. The van der Waals surface area contributed by atoms with E-state index in [9.17, 15) is 31.1 Å². The molecule has 2 amide bonds. The molecule has 35 heavy (non-hydrogen) atoms. The van der Waals surface area contributed by atoms with Gasteiger partial charge >= 0.3 is 18.4 Å². The average Bonchev–Trinajstić information content (AvgIpc) is 3.29. The molecule has 4 fully saturated rings. The topological polar surface area (TPSA) is 82.9 Å². The number of likely N-dealkylation sites (tertiary alicyclic amines) is 2. The lowest BCUT2D eigenvalue weighted by Crippen LogP contribution is -2.71. The van der Waals surface area contributed by atoms with Gasteiger partial charge in [-0.05, 0) is 44.1 Å². The third-order valence-corrected chi connectivity index (χ3v) is 7.99. The number of amides is 2. The van der Waals surface area contributed by atoms with Crippen molar-refractivity contribution in [2.45, 2.75) is 50.5 Å². The molecule has 0 radical (unpaired) electrons. The first kappa shape index (κ1) is 22.7. The molecule has 2 saturated heterocycles. The Kier molecular flexibility index (Phi) is 4.61. The van der Waals surface area contributed by atoms with Gasteiger partial charge in [-0.2, -0.15) is 31.4 Å². The second-order valence-electron chi connectivity index (χ2n) is 10.9. The maximum Gasteiger partial charge on any atom is 0.453 e. The summed E-state index contributed by atoms with van der Waals surface area (Å²) < 4.78 is 77.4. The van der Waals surface area contributed by atoms with E-state index in [1.165, 1.54) is 4.68 Å². The maximum absolute atomic E-state index is 12.8. The third-order valence-electron chi connectivity index (χ3n) is 7.99. The van der Waals surface area contributed by atoms with Crippen molar-refractivity contribution in [3.63, 3.8) is 0 Å². The molecule has 14 heteroatoms. The first-order chi connectivity index (χ1) is 16.3. The highest BCUT2D eigenvalue weighted by atomic mass is 19.4. The Bertz CT molecular complexity index is 1130. The van der Waals surface area contributed by atoms with Gasteiger partial charge in [0.2, 0.25) is 0 Å². The number of alkyl halides is 6. The van der Waals surface area contributed by atoms with Crippen LogP contribution in [0.4, 0.5) is 31.1 Å². The molecule has 6 rings (SSSR count). The van der Waals surface area contributed by atoms with E-state index in [-0.39, 0.29) is 28.8 Å². The Hall–Kier alpha value is -2.80. The number of carbonyl (C=O) groups excluding carboxylic acids is 1. The monoisotopic (exact) mass is 503 g/mol. The summed E-state index contributed by atoms with van der Waals surface area (Å²) in [5, 5.41) is 9.35. The standard InChI is InChI=1S/C21H23F6N7O/c22-20(23,24)15-2-13(29-30-15)1-12-3-18(4-12)7-32(8-18)17(35)33-9-19(10-33)5-14(6-19)34-11-28-16(31-34)21(25,26)27/h2,11-12,14H,1,3-10H2,(H,29,30). The van der Waals surface area contributed by atoms with Gasteiger partial charge in [-0.15, -0.1) is 5.10 Å². The summed E-state index contributed by atoms with van der Waals surface area (Å²) in [6.07, 6.45) is -4.27. The van der Waals surface area contributed by atoms with Gasteiger partial charge in [0.05, 0.1) is 6.04 Å². The van der Waals surface area contributed by atoms with Gasteiger partial charge in [-0.1, -0.05) is 0 Å². The summed E-state index contributed by atoms with van der Waals surface area (Å²) >= 11 is 0. The average molecular weight is 503 g/mol. The van der Waals surface area contributed by atoms with E-state index in [2.05, 4.69) is 20.3 Å². The van der Waals surface area contributed by atoms with Gasteiger partial charge in [0.25, 0.3) is 5.82 Å². The van der Waals surface area contributed by atoms with Crippen LogP contribution in [0.3, 0.4) is 0 Å². The van der Waals surface area contributed by atoms with Crippen LogP contribution >= 0.6 is 0 Å². The molecule has 2 aromatic rings. The highest BCUT2D eigenvalue weighted by Crippen LogP contribution is 2.56. The number of H-pyrrole nitrogens is 1. The molecule has 2 aliphatic carbocycles. The SMILES string of the molecule is O=C(N1CC2(CC(Cc3cc(C(F)(F)F)n[nH]3)C2)C1)N1CC2(CC(n3cnc(C(F)(F)F)n3)C2)C1. The van der Waals surface area contributed by atoms with Crippen molar-refractivity contribution in [1.29, 1.82) is 0 Å². The van der Waals surface area contributed by atoms with E-state index in [1.54, 1.807) is 4.90 Å². The zero-order valence-corrected chi connectivity index (χ0v) is 18.5. The van der Waals surface area contributed by atoms with Crippen LogP contribution < -0.4 is 0 Å². The van der Waals surface area contributed by atoms with Crippen LogP contribution in [0.5, 0.6) is 0 Å². The quantitative estimate of drug-likeness (QED) is 0.647. The second-order valence-corrected chi connectivity index (χ2v) is 10.9. The Morgan fingerprint density at radius 2 is 1.57 bits per heavy atom. The van der Waals surface area contributed by atoms with Gasteiger partial charge in [-0.25, -0.2) is 14.5 Å². The summed E-state index contributed by atoms with van der Waals surface area (Å²) in [5.41, 5.74) is -0.400. The number of hydrogen-bond donors (Lipinski definition) is 1. The van der Waals surface area contributed by atoms with E-state index in [1.807, 2.05) is 4.90 Å². The van der Waals surface area contributed by atoms with Crippen LogP contribution in [0, 0.1) is 16.7 Å². The first-order valence-electron chi connectivity index (χ1n) is 11.5. The summed E-state index contributed by atoms with van der Waals surface area (Å²) in [7, 11) is 0. The lowest BCUT2D eigenvalue weighted by molar-refractivity contribution is -0.145. The third kappa shape index (κ3) is 3.84. The van der Waals surface area contributed by atoms with Gasteiger partial charge in [0, 0.05) is 42.7 Å². The molecule has 2 aromatic heterocycles. The fourth-order valence-electron chi connectivity index (χ4n) is 6.45. The Labute approximate surface area is 195 Å². The zero-order valence-electron chi connectivity index (χ0n) is 18.5. The van der Waals surface area contributed by atoms with Crippen LogP contribution in [0.15, 0.2) is 12.4 Å². The molecular weight excluding hydrogens is 480 g/mol. The molecule has 4 aliphatic rings. The van der Waals surface area contributed by atoms with Crippen molar-refractivity contribution in [2.75, 3.05) is 26.2 Å². The minimum absolute atomic E-state index is 0.0170. The van der Waals surface area contributed by atoms with Crippen molar-refractivity contribution >= 4 is 6.03 Å². The lowest BCUT2D eigenvalue weighted by atomic mass is 9.56. The molecule has 4 heterocycles. The van der Waals surface area contributed by atoms with Gasteiger partial charge in [-0.3, -0.25) is 5.10 Å². The minimum Gasteiger partial charge on any atom is -0.323 e. The largest absolute Gasteiger partial charge is 0.453 e. The highest BCUT2D eigenvalue weighted by Gasteiger charge is 2.58. The summed E-state index contributed by atoms with van der Waals surface area (Å²) in [4.78, 5) is 19.7. The minimum atomic E-state index is -4.56. The van der Waals surface area contributed by atoms with E-state index in [0.29, 0.717) is 51.1 Å². The fraction of sp³-hybridized carbons (Fsp3) is 0.714.